The number of esters is 2. The number of nitrogens with one attached hydrogen (secondary N) is 1. The van der Waals surface area contributed by atoms with Gasteiger partial charge in [0.2, 0.25) is 5.95 Å². The van der Waals surface area contributed by atoms with Crippen molar-refractivity contribution in [1.29, 1.82) is 0 Å². The van der Waals surface area contributed by atoms with Crippen LogP contribution in [0.4, 0.5) is 0 Å². The lowest BCUT2D eigenvalue weighted by Crippen LogP contribution is -2.16. The van der Waals surface area contributed by atoms with E-state index in [1.54, 1.807) is 48.0 Å². The Morgan fingerprint density at radius 1 is 1.10 bits per heavy atom. The SMILES string of the molecule is CCOC(=O)c1cnn(-c2nc3ccn(Cc4ccc(C(=O)OC)cc4)c3c(=O)[nH]2)c1. The number of carbonyl (C=O) groups is 2. The smallest absolute Gasteiger partial charge is 0.341 e. The minimum absolute atomic E-state index is 0.188. The number of hydrogen-bond donors (Lipinski definition) is 1. The van der Waals surface area contributed by atoms with Gasteiger partial charge in [-0.1, -0.05) is 12.1 Å². The van der Waals surface area contributed by atoms with Gasteiger partial charge >= 0.3 is 11.9 Å². The maximum Gasteiger partial charge on any atom is 0.341 e. The van der Waals surface area contributed by atoms with Gasteiger partial charge in [0, 0.05) is 18.9 Å². The maximum absolute atomic E-state index is 12.8. The first-order valence-corrected chi connectivity index (χ1v) is 9.48. The van der Waals surface area contributed by atoms with Crippen molar-refractivity contribution in [2.75, 3.05) is 13.7 Å². The third-order valence-electron chi connectivity index (χ3n) is 4.65. The number of hydrogen-bond acceptors (Lipinski definition) is 7. The predicted molar refractivity (Wildman–Crippen MR) is 110 cm³/mol. The number of ether oxygens (including phenoxy) is 2. The average Bonchev–Trinajstić information content (AvgIpc) is 3.42. The highest BCUT2D eigenvalue weighted by Gasteiger charge is 2.14. The van der Waals surface area contributed by atoms with E-state index in [0.717, 1.165) is 5.56 Å². The van der Waals surface area contributed by atoms with E-state index in [4.69, 9.17) is 9.47 Å². The van der Waals surface area contributed by atoms with Crippen molar-refractivity contribution in [3.8, 4) is 5.95 Å². The number of aromatic nitrogens is 5. The molecule has 1 N–H and O–H groups in total. The molecule has 3 aromatic heterocycles. The van der Waals surface area contributed by atoms with E-state index in [0.29, 0.717) is 23.1 Å². The Morgan fingerprint density at radius 3 is 2.58 bits per heavy atom. The zero-order valence-electron chi connectivity index (χ0n) is 16.9. The fourth-order valence-corrected chi connectivity index (χ4v) is 3.16. The summed E-state index contributed by atoms with van der Waals surface area (Å²) in [6.07, 6.45) is 4.56. The van der Waals surface area contributed by atoms with Crippen LogP contribution in [0.5, 0.6) is 0 Å². The zero-order valence-corrected chi connectivity index (χ0v) is 16.9. The highest BCUT2D eigenvalue weighted by Crippen LogP contribution is 2.14. The molecule has 0 aliphatic heterocycles. The summed E-state index contributed by atoms with van der Waals surface area (Å²) in [5.74, 6) is -0.717. The average molecular weight is 421 g/mol. The summed E-state index contributed by atoms with van der Waals surface area (Å²) in [6.45, 7) is 2.39. The van der Waals surface area contributed by atoms with Crippen LogP contribution in [0.25, 0.3) is 17.0 Å². The predicted octanol–water partition coefficient (Wildman–Crippen LogP) is 1.92. The molecule has 10 nitrogen and oxygen atoms in total. The van der Waals surface area contributed by atoms with E-state index in [-0.39, 0.29) is 23.7 Å². The maximum atomic E-state index is 12.8. The largest absolute Gasteiger partial charge is 0.465 e. The second-order valence-electron chi connectivity index (χ2n) is 6.65. The van der Waals surface area contributed by atoms with Crippen molar-refractivity contribution in [3.05, 3.63) is 76.0 Å². The first-order chi connectivity index (χ1) is 15.0. The van der Waals surface area contributed by atoms with E-state index in [1.165, 1.54) is 24.2 Å². The summed E-state index contributed by atoms with van der Waals surface area (Å²) in [7, 11) is 1.33. The molecule has 0 aliphatic carbocycles. The number of carbonyl (C=O) groups excluding carboxylic acids is 2. The van der Waals surface area contributed by atoms with E-state index in [2.05, 4.69) is 15.1 Å². The van der Waals surface area contributed by atoms with Gasteiger partial charge in [-0.25, -0.2) is 19.3 Å². The molecule has 31 heavy (non-hydrogen) atoms. The van der Waals surface area contributed by atoms with Crippen LogP contribution < -0.4 is 5.56 Å². The van der Waals surface area contributed by atoms with Crippen LogP contribution in [0, 0.1) is 0 Å². The number of benzene rings is 1. The van der Waals surface area contributed by atoms with Crippen LogP contribution in [-0.4, -0.2) is 50.0 Å². The molecule has 0 spiro atoms. The molecule has 0 atom stereocenters. The Bertz CT molecular complexity index is 1320. The highest BCUT2D eigenvalue weighted by molar-refractivity contribution is 5.89. The molecule has 0 radical (unpaired) electrons. The Balaban J connectivity index is 1.62. The Labute approximate surface area is 176 Å². The minimum atomic E-state index is -0.499. The molecule has 0 bridgehead atoms. The van der Waals surface area contributed by atoms with Gasteiger partial charge < -0.3 is 14.0 Å². The number of nitrogens with zero attached hydrogens (tertiary/aromatic N) is 4. The van der Waals surface area contributed by atoms with Crippen molar-refractivity contribution in [2.24, 2.45) is 0 Å². The quantitative estimate of drug-likeness (QED) is 0.472. The summed E-state index contributed by atoms with van der Waals surface area (Å²) in [4.78, 5) is 43.3. The van der Waals surface area contributed by atoms with Crippen LogP contribution in [0.3, 0.4) is 0 Å². The van der Waals surface area contributed by atoms with E-state index < -0.39 is 11.9 Å². The summed E-state index contributed by atoms with van der Waals surface area (Å²) >= 11 is 0. The molecule has 4 rings (SSSR count). The first kappa shape index (κ1) is 20.1. The molecule has 10 heteroatoms. The standard InChI is InChI=1S/C21H19N5O5/c1-3-31-20(29)15-10-22-26(12-15)21-23-16-8-9-25(17(16)18(27)24-21)11-13-4-6-14(7-5-13)19(28)30-2/h4-10,12H,3,11H2,1-2H3,(H,23,24,27). The van der Waals surface area contributed by atoms with Gasteiger partial charge in [0.15, 0.2) is 0 Å². The molecule has 1 aromatic carbocycles. The van der Waals surface area contributed by atoms with Crippen molar-refractivity contribution in [1.82, 2.24) is 24.3 Å². The Kier molecular flexibility index (Phi) is 5.35. The van der Waals surface area contributed by atoms with Gasteiger partial charge in [-0.05, 0) is 30.7 Å². The van der Waals surface area contributed by atoms with Gasteiger partial charge in [0.25, 0.3) is 5.56 Å². The Hall–Kier alpha value is -4.21. The van der Waals surface area contributed by atoms with Crippen LogP contribution in [-0.2, 0) is 16.0 Å². The van der Waals surface area contributed by atoms with Crippen molar-refractivity contribution in [3.63, 3.8) is 0 Å². The lowest BCUT2D eigenvalue weighted by Gasteiger charge is -2.07. The van der Waals surface area contributed by atoms with Gasteiger partial charge in [-0.2, -0.15) is 5.10 Å². The molecular formula is C21H19N5O5. The minimum Gasteiger partial charge on any atom is -0.465 e. The van der Waals surface area contributed by atoms with E-state index >= 15 is 0 Å². The lowest BCUT2D eigenvalue weighted by atomic mass is 10.1. The van der Waals surface area contributed by atoms with Gasteiger partial charge in [0.1, 0.15) is 5.52 Å². The third-order valence-corrected chi connectivity index (χ3v) is 4.65. The molecule has 3 heterocycles. The van der Waals surface area contributed by atoms with Crippen molar-refractivity contribution >= 4 is 23.0 Å². The van der Waals surface area contributed by atoms with Crippen molar-refractivity contribution in [2.45, 2.75) is 13.5 Å². The van der Waals surface area contributed by atoms with Crippen LogP contribution in [0.2, 0.25) is 0 Å². The number of fused-ring (bicyclic) bond motifs is 1. The molecular weight excluding hydrogens is 402 g/mol. The fraction of sp³-hybridized carbons (Fsp3) is 0.190. The van der Waals surface area contributed by atoms with Crippen LogP contribution in [0.1, 0.15) is 33.2 Å². The molecule has 158 valence electrons. The summed E-state index contributed by atoms with van der Waals surface area (Å²) in [6, 6.07) is 8.68. The lowest BCUT2D eigenvalue weighted by molar-refractivity contribution is 0.0525. The van der Waals surface area contributed by atoms with Crippen LogP contribution in [0.15, 0.2) is 53.7 Å². The number of rotatable bonds is 6. The fourth-order valence-electron chi connectivity index (χ4n) is 3.16. The molecule has 0 saturated carbocycles. The molecule has 0 amide bonds. The molecule has 0 aliphatic rings. The van der Waals surface area contributed by atoms with Gasteiger partial charge in [-0.3, -0.25) is 9.78 Å². The summed E-state index contributed by atoms with van der Waals surface area (Å²) in [5, 5.41) is 4.08. The number of methoxy groups -OCH3 is 1. The molecule has 0 unspecified atom stereocenters. The molecule has 0 saturated heterocycles. The zero-order chi connectivity index (χ0) is 22.0. The first-order valence-electron chi connectivity index (χ1n) is 9.48. The van der Waals surface area contributed by atoms with E-state index in [1.807, 2.05) is 0 Å². The van der Waals surface area contributed by atoms with Crippen molar-refractivity contribution < 1.29 is 19.1 Å². The molecule has 0 fully saturated rings. The number of aromatic amines is 1. The third kappa shape index (κ3) is 3.95. The second kappa shape index (κ2) is 8.27. The normalized spacial score (nSPS) is 10.9. The van der Waals surface area contributed by atoms with Crippen LogP contribution >= 0.6 is 0 Å². The highest BCUT2D eigenvalue weighted by atomic mass is 16.5. The van der Waals surface area contributed by atoms with Gasteiger partial charge in [-0.15, -0.1) is 0 Å². The second-order valence-corrected chi connectivity index (χ2v) is 6.65. The molecule has 4 aromatic rings. The monoisotopic (exact) mass is 421 g/mol. The van der Waals surface area contributed by atoms with E-state index in [9.17, 15) is 14.4 Å². The topological polar surface area (TPSA) is 121 Å². The summed E-state index contributed by atoms with van der Waals surface area (Å²) in [5.41, 5.74) is 2.16. The summed E-state index contributed by atoms with van der Waals surface area (Å²) < 4.78 is 12.7. The number of H-pyrrole nitrogens is 1. The van der Waals surface area contributed by atoms with Gasteiger partial charge in [0.05, 0.1) is 36.6 Å². The Morgan fingerprint density at radius 2 is 1.87 bits per heavy atom.